The molecule has 0 bridgehead atoms. The van der Waals surface area contributed by atoms with Crippen molar-refractivity contribution in [3.05, 3.63) is 18.1 Å². The van der Waals surface area contributed by atoms with Crippen LogP contribution in [-0.2, 0) is 0 Å². The SMILES string of the molecule is [CH2]C(O)=CSCCCCC. The number of unbranched alkanes of at least 4 members (excludes halogenated alkanes) is 2. The van der Waals surface area contributed by atoms with Crippen LogP contribution in [0.4, 0.5) is 0 Å². The van der Waals surface area contributed by atoms with Gasteiger partial charge < -0.3 is 5.11 Å². The summed E-state index contributed by atoms with van der Waals surface area (Å²) < 4.78 is 0. The molecule has 0 saturated carbocycles. The summed E-state index contributed by atoms with van der Waals surface area (Å²) in [4.78, 5) is 0. The van der Waals surface area contributed by atoms with Crippen LogP contribution < -0.4 is 0 Å². The molecular weight excluding hydrogens is 144 g/mol. The van der Waals surface area contributed by atoms with Gasteiger partial charge in [0.25, 0.3) is 0 Å². The highest BCUT2D eigenvalue weighted by Crippen LogP contribution is 2.08. The van der Waals surface area contributed by atoms with Crippen LogP contribution in [0.15, 0.2) is 11.2 Å². The van der Waals surface area contributed by atoms with Crippen molar-refractivity contribution in [2.24, 2.45) is 0 Å². The van der Waals surface area contributed by atoms with Crippen molar-refractivity contribution in [3.8, 4) is 0 Å². The fraction of sp³-hybridized carbons (Fsp3) is 0.625. The molecule has 0 heterocycles. The molecule has 0 aliphatic rings. The third kappa shape index (κ3) is 7.89. The zero-order valence-electron chi connectivity index (χ0n) is 6.47. The van der Waals surface area contributed by atoms with Crippen molar-refractivity contribution < 1.29 is 5.11 Å². The van der Waals surface area contributed by atoms with Gasteiger partial charge in [-0.15, -0.1) is 11.8 Å². The fourth-order valence-electron chi connectivity index (χ4n) is 0.591. The summed E-state index contributed by atoms with van der Waals surface area (Å²) in [5.41, 5.74) is 0. The molecule has 0 saturated heterocycles. The Bertz CT molecular complexity index is 95.4. The number of allylic oxidation sites excluding steroid dienone is 1. The Morgan fingerprint density at radius 3 is 2.80 bits per heavy atom. The molecule has 0 fully saturated rings. The van der Waals surface area contributed by atoms with E-state index >= 15 is 0 Å². The fourth-order valence-corrected chi connectivity index (χ4v) is 1.27. The highest BCUT2D eigenvalue weighted by Gasteiger charge is 1.85. The third-order valence-electron chi connectivity index (χ3n) is 1.09. The maximum Gasteiger partial charge on any atom is 0.0989 e. The van der Waals surface area contributed by atoms with Gasteiger partial charge in [0.05, 0.1) is 5.76 Å². The lowest BCUT2D eigenvalue weighted by Gasteiger charge is -1.93. The lowest BCUT2D eigenvalue weighted by molar-refractivity contribution is 0.433. The number of thioether (sulfide) groups is 1. The topological polar surface area (TPSA) is 20.2 Å². The van der Waals surface area contributed by atoms with Crippen molar-refractivity contribution in [2.45, 2.75) is 26.2 Å². The van der Waals surface area contributed by atoms with E-state index in [-0.39, 0.29) is 5.76 Å². The largest absolute Gasteiger partial charge is 0.512 e. The van der Waals surface area contributed by atoms with Crippen LogP contribution in [0.2, 0.25) is 0 Å². The number of hydrogen-bond acceptors (Lipinski definition) is 2. The summed E-state index contributed by atoms with van der Waals surface area (Å²) in [6.45, 7) is 5.53. The Morgan fingerprint density at radius 2 is 2.30 bits per heavy atom. The van der Waals surface area contributed by atoms with Crippen LogP contribution in [-0.4, -0.2) is 10.9 Å². The summed E-state index contributed by atoms with van der Waals surface area (Å²) >= 11 is 1.63. The zero-order chi connectivity index (χ0) is 7.82. The summed E-state index contributed by atoms with van der Waals surface area (Å²) in [6.07, 6.45) is 3.75. The second-order valence-corrected chi connectivity index (χ2v) is 3.16. The molecule has 0 atom stereocenters. The van der Waals surface area contributed by atoms with Crippen molar-refractivity contribution in [1.82, 2.24) is 0 Å². The lowest BCUT2D eigenvalue weighted by Crippen LogP contribution is -1.77. The van der Waals surface area contributed by atoms with Gasteiger partial charge >= 0.3 is 0 Å². The highest BCUT2D eigenvalue weighted by molar-refractivity contribution is 8.02. The van der Waals surface area contributed by atoms with E-state index in [1.54, 1.807) is 17.2 Å². The van der Waals surface area contributed by atoms with Gasteiger partial charge in [-0.1, -0.05) is 19.8 Å². The van der Waals surface area contributed by atoms with Crippen molar-refractivity contribution >= 4 is 11.8 Å². The Kier molecular flexibility index (Phi) is 6.93. The molecule has 59 valence electrons. The van der Waals surface area contributed by atoms with E-state index < -0.39 is 0 Å². The summed E-state index contributed by atoms with van der Waals surface area (Å²) in [5.74, 6) is 1.26. The normalized spacial score (nSPS) is 12.0. The first-order valence-electron chi connectivity index (χ1n) is 3.60. The molecule has 0 aromatic carbocycles. The molecule has 0 spiro atoms. The first kappa shape index (κ1) is 9.89. The molecule has 1 radical (unpaired) electrons. The van der Waals surface area contributed by atoms with Gasteiger partial charge in [-0.05, 0) is 12.2 Å². The predicted molar refractivity (Wildman–Crippen MR) is 48.1 cm³/mol. The first-order valence-corrected chi connectivity index (χ1v) is 4.65. The number of aliphatic hydroxyl groups is 1. The van der Waals surface area contributed by atoms with Gasteiger partial charge in [0, 0.05) is 12.3 Å². The van der Waals surface area contributed by atoms with E-state index in [1.165, 1.54) is 19.3 Å². The first-order chi connectivity index (χ1) is 4.77. The minimum absolute atomic E-state index is 0.168. The summed E-state index contributed by atoms with van der Waals surface area (Å²) in [6, 6.07) is 0. The quantitative estimate of drug-likeness (QED) is 0.491. The van der Waals surface area contributed by atoms with E-state index in [2.05, 4.69) is 13.8 Å². The van der Waals surface area contributed by atoms with Crippen molar-refractivity contribution in [2.75, 3.05) is 5.75 Å². The molecule has 0 aliphatic carbocycles. The number of rotatable bonds is 5. The zero-order valence-corrected chi connectivity index (χ0v) is 7.28. The van der Waals surface area contributed by atoms with Crippen LogP contribution in [0.1, 0.15) is 26.2 Å². The van der Waals surface area contributed by atoms with Crippen LogP contribution in [0.25, 0.3) is 0 Å². The average Bonchev–Trinajstić information content (AvgIpc) is 1.87. The molecule has 0 aromatic heterocycles. The minimum atomic E-state index is 0.168. The van der Waals surface area contributed by atoms with E-state index in [0.717, 1.165) is 5.75 Å². The van der Waals surface area contributed by atoms with E-state index in [0.29, 0.717) is 0 Å². The van der Waals surface area contributed by atoms with Gasteiger partial charge in [0.1, 0.15) is 0 Å². The van der Waals surface area contributed by atoms with Crippen LogP contribution in [0.3, 0.4) is 0 Å². The predicted octanol–water partition coefficient (Wildman–Crippen LogP) is 3.14. The maximum atomic E-state index is 8.64. The Labute approximate surface area is 67.5 Å². The van der Waals surface area contributed by atoms with Gasteiger partial charge in [-0.3, -0.25) is 0 Å². The number of aliphatic hydroxyl groups excluding tert-OH is 1. The second kappa shape index (κ2) is 7.00. The molecule has 0 rings (SSSR count). The Hall–Kier alpha value is -0.110. The Balaban J connectivity index is 2.98. The summed E-state index contributed by atoms with van der Waals surface area (Å²) in [7, 11) is 0. The van der Waals surface area contributed by atoms with Crippen LogP contribution in [0.5, 0.6) is 0 Å². The maximum absolute atomic E-state index is 8.64. The monoisotopic (exact) mass is 159 g/mol. The van der Waals surface area contributed by atoms with Gasteiger partial charge in [-0.25, -0.2) is 0 Å². The smallest absolute Gasteiger partial charge is 0.0989 e. The molecule has 0 aliphatic heterocycles. The molecular formula is C8H15OS. The van der Waals surface area contributed by atoms with E-state index in [1.807, 2.05) is 0 Å². The van der Waals surface area contributed by atoms with Crippen LogP contribution >= 0.6 is 11.8 Å². The molecule has 10 heavy (non-hydrogen) atoms. The lowest BCUT2D eigenvalue weighted by atomic mass is 10.3. The van der Waals surface area contributed by atoms with Crippen molar-refractivity contribution in [1.29, 1.82) is 0 Å². The van der Waals surface area contributed by atoms with Crippen LogP contribution in [0, 0.1) is 6.92 Å². The number of hydrogen-bond donors (Lipinski definition) is 1. The molecule has 2 heteroatoms. The van der Waals surface area contributed by atoms with Gasteiger partial charge in [0.15, 0.2) is 0 Å². The molecule has 1 N–H and O–H groups in total. The van der Waals surface area contributed by atoms with Gasteiger partial charge in [-0.2, -0.15) is 0 Å². The molecule has 0 amide bonds. The molecule has 1 nitrogen and oxygen atoms in total. The van der Waals surface area contributed by atoms with E-state index in [9.17, 15) is 0 Å². The second-order valence-electron chi connectivity index (χ2n) is 2.19. The van der Waals surface area contributed by atoms with Gasteiger partial charge in [0.2, 0.25) is 0 Å². The summed E-state index contributed by atoms with van der Waals surface area (Å²) in [5, 5.41) is 10.3. The average molecular weight is 159 g/mol. The highest BCUT2D eigenvalue weighted by atomic mass is 32.2. The minimum Gasteiger partial charge on any atom is -0.512 e. The standard InChI is InChI=1S/C8H15OS/c1-3-4-5-6-10-7-8(2)9/h7,9H,2-6H2,1H3. The molecule has 0 aromatic rings. The van der Waals surface area contributed by atoms with E-state index in [4.69, 9.17) is 5.11 Å². The van der Waals surface area contributed by atoms with Crippen molar-refractivity contribution in [3.63, 3.8) is 0 Å². The molecule has 0 unspecified atom stereocenters. The third-order valence-corrected chi connectivity index (χ3v) is 2.05. The Morgan fingerprint density at radius 1 is 1.60 bits per heavy atom.